The number of alkyl halides is 1. The summed E-state index contributed by atoms with van der Waals surface area (Å²) in [5.74, 6) is -0.0844. The first kappa shape index (κ1) is 18.1. The van der Waals surface area contributed by atoms with E-state index in [1.165, 1.54) is 12.5 Å². The normalized spacial score (nSPS) is 11.1. The minimum atomic E-state index is -0.511. The number of carbonyl (C=O) groups excluding carboxylic acids is 1. The van der Waals surface area contributed by atoms with Crippen LogP contribution in [0.25, 0.3) is 10.9 Å². The number of aromatic nitrogens is 4. The Hall–Kier alpha value is -3.26. The third-order valence-electron chi connectivity index (χ3n) is 4.35. The first-order valence-electron chi connectivity index (χ1n) is 8.43. The van der Waals surface area contributed by atoms with Gasteiger partial charge in [-0.1, -0.05) is 41.0 Å². The molecule has 3 aromatic heterocycles. The molecule has 0 fully saturated rings. The third-order valence-corrected chi connectivity index (χ3v) is 4.64. The maximum atomic E-state index is 12.7. The second-order valence-corrected chi connectivity index (χ2v) is 6.65. The number of hydrogen-bond acceptors (Lipinski definition) is 5. The predicted octanol–water partition coefficient (Wildman–Crippen LogP) is 4.15. The Balaban J connectivity index is 1.71. The first-order valence-corrected chi connectivity index (χ1v) is 8.80. The summed E-state index contributed by atoms with van der Waals surface area (Å²) < 4.78 is 19.2. The van der Waals surface area contributed by atoms with E-state index in [1.54, 1.807) is 29.9 Å². The Labute approximate surface area is 164 Å². The second-order valence-electron chi connectivity index (χ2n) is 6.24. The molecule has 0 aliphatic rings. The Morgan fingerprint density at radius 2 is 2.00 bits per heavy atom. The van der Waals surface area contributed by atoms with Gasteiger partial charge in [0, 0.05) is 6.20 Å². The smallest absolute Gasteiger partial charge is 0.262 e. The van der Waals surface area contributed by atoms with Crippen molar-refractivity contribution < 1.29 is 13.7 Å². The fourth-order valence-corrected chi connectivity index (χ4v) is 3.12. The standard InChI is InChI=1S/C19H15ClFN5O2/c1-11-14(10-28-25-11)19(27)23-18-17-15(20)7-22-8-16(17)26(24-18)9-13-4-2-12(6-21)3-5-13/h2-5,7-8,10H,6,9H2,1H3,(H,23,24,27). The molecule has 1 amide bonds. The lowest BCUT2D eigenvalue weighted by Crippen LogP contribution is -2.13. The van der Waals surface area contributed by atoms with E-state index >= 15 is 0 Å². The van der Waals surface area contributed by atoms with Crippen LogP contribution in [0.4, 0.5) is 10.2 Å². The number of halogens is 2. The van der Waals surface area contributed by atoms with Gasteiger partial charge in [-0.3, -0.25) is 14.5 Å². The monoisotopic (exact) mass is 399 g/mol. The van der Waals surface area contributed by atoms with Crippen molar-refractivity contribution in [3.63, 3.8) is 0 Å². The van der Waals surface area contributed by atoms with E-state index in [0.717, 1.165) is 5.56 Å². The summed E-state index contributed by atoms with van der Waals surface area (Å²) in [6, 6.07) is 7.12. The van der Waals surface area contributed by atoms with E-state index in [-0.39, 0.29) is 0 Å². The van der Waals surface area contributed by atoms with Crippen molar-refractivity contribution in [3.05, 3.63) is 70.3 Å². The highest BCUT2D eigenvalue weighted by molar-refractivity contribution is 6.36. The molecule has 7 nitrogen and oxygen atoms in total. The summed E-state index contributed by atoms with van der Waals surface area (Å²) in [5, 5.41) is 11.9. The van der Waals surface area contributed by atoms with E-state index in [9.17, 15) is 9.18 Å². The number of nitrogens with zero attached hydrogens (tertiary/aromatic N) is 4. The number of hydrogen-bond donors (Lipinski definition) is 1. The number of amides is 1. The molecule has 0 bridgehead atoms. The maximum Gasteiger partial charge on any atom is 0.262 e. The number of anilines is 1. The lowest BCUT2D eigenvalue weighted by atomic mass is 10.1. The number of rotatable bonds is 5. The van der Waals surface area contributed by atoms with Crippen LogP contribution in [0.15, 0.2) is 47.4 Å². The molecular weight excluding hydrogens is 385 g/mol. The quantitative estimate of drug-likeness (QED) is 0.544. The van der Waals surface area contributed by atoms with E-state index in [0.29, 0.717) is 45.1 Å². The molecule has 9 heteroatoms. The molecule has 0 aliphatic heterocycles. The zero-order chi connectivity index (χ0) is 19.7. The highest BCUT2D eigenvalue weighted by atomic mass is 35.5. The van der Waals surface area contributed by atoms with Crippen LogP contribution in [0.1, 0.15) is 27.2 Å². The number of pyridine rings is 1. The van der Waals surface area contributed by atoms with Gasteiger partial charge in [0.1, 0.15) is 18.5 Å². The van der Waals surface area contributed by atoms with Crippen LogP contribution in [0.2, 0.25) is 5.02 Å². The number of aryl methyl sites for hydroxylation is 1. The van der Waals surface area contributed by atoms with Crippen molar-refractivity contribution in [3.8, 4) is 0 Å². The van der Waals surface area contributed by atoms with Crippen LogP contribution in [-0.2, 0) is 13.2 Å². The summed E-state index contributed by atoms with van der Waals surface area (Å²) in [7, 11) is 0. The summed E-state index contributed by atoms with van der Waals surface area (Å²) in [5.41, 5.74) is 2.99. The van der Waals surface area contributed by atoms with E-state index in [2.05, 4.69) is 20.6 Å². The molecule has 3 heterocycles. The van der Waals surface area contributed by atoms with Crippen molar-refractivity contribution >= 4 is 34.2 Å². The van der Waals surface area contributed by atoms with Gasteiger partial charge in [-0.05, 0) is 18.1 Å². The average Bonchev–Trinajstić information content (AvgIpc) is 3.27. The Bertz CT molecular complexity index is 1150. The topological polar surface area (TPSA) is 85.8 Å². The minimum Gasteiger partial charge on any atom is -0.364 e. The summed E-state index contributed by atoms with van der Waals surface area (Å²) in [6.07, 6.45) is 4.40. The summed E-state index contributed by atoms with van der Waals surface area (Å²) >= 11 is 6.32. The molecule has 1 aromatic carbocycles. The third kappa shape index (κ3) is 3.34. The second kappa shape index (κ2) is 7.40. The fraction of sp³-hybridized carbons (Fsp3) is 0.158. The van der Waals surface area contributed by atoms with Crippen LogP contribution in [-0.4, -0.2) is 25.8 Å². The van der Waals surface area contributed by atoms with Gasteiger partial charge < -0.3 is 9.84 Å². The van der Waals surface area contributed by atoms with Gasteiger partial charge in [0.05, 0.1) is 34.4 Å². The van der Waals surface area contributed by atoms with Gasteiger partial charge in [0.25, 0.3) is 5.91 Å². The number of carbonyl (C=O) groups is 1. The molecule has 0 aliphatic carbocycles. The summed E-state index contributed by atoms with van der Waals surface area (Å²) in [6.45, 7) is 1.57. The van der Waals surface area contributed by atoms with Gasteiger partial charge in [-0.2, -0.15) is 5.10 Å². The van der Waals surface area contributed by atoms with Crippen molar-refractivity contribution in [1.29, 1.82) is 0 Å². The molecule has 0 atom stereocenters. The van der Waals surface area contributed by atoms with Gasteiger partial charge in [-0.15, -0.1) is 0 Å². The van der Waals surface area contributed by atoms with Crippen LogP contribution < -0.4 is 5.32 Å². The van der Waals surface area contributed by atoms with Gasteiger partial charge >= 0.3 is 0 Å². The molecule has 4 aromatic rings. The van der Waals surface area contributed by atoms with E-state index < -0.39 is 12.6 Å². The predicted molar refractivity (Wildman–Crippen MR) is 102 cm³/mol. The molecule has 0 spiro atoms. The van der Waals surface area contributed by atoms with Crippen LogP contribution in [0.3, 0.4) is 0 Å². The van der Waals surface area contributed by atoms with Crippen molar-refractivity contribution in [2.75, 3.05) is 5.32 Å². The summed E-state index contributed by atoms with van der Waals surface area (Å²) in [4.78, 5) is 16.7. The largest absolute Gasteiger partial charge is 0.364 e. The van der Waals surface area contributed by atoms with Gasteiger partial charge in [0.2, 0.25) is 0 Å². The molecule has 4 rings (SSSR count). The molecule has 0 unspecified atom stereocenters. The lowest BCUT2D eigenvalue weighted by Gasteiger charge is -2.04. The average molecular weight is 400 g/mol. The van der Waals surface area contributed by atoms with Crippen molar-refractivity contribution in [1.82, 2.24) is 19.9 Å². The fourth-order valence-electron chi connectivity index (χ4n) is 2.88. The maximum absolute atomic E-state index is 12.7. The Kier molecular flexibility index (Phi) is 4.79. The van der Waals surface area contributed by atoms with Gasteiger partial charge in [0.15, 0.2) is 5.82 Å². The molecule has 142 valence electrons. The first-order chi connectivity index (χ1) is 13.6. The number of nitrogens with one attached hydrogen (secondary N) is 1. The zero-order valence-corrected chi connectivity index (χ0v) is 15.6. The molecule has 0 saturated carbocycles. The molecule has 28 heavy (non-hydrogen) atoms. The highest BCUT2D eigenvalue weighted by Crippen LogP contribution is 2.30. The van der Waals surface area contributed by atoms with Crippen LogP contribution in [0, 0.1) is 6.92 Å². The van der Waals surface area contributed by atoms with E-state index in [1.807, 2.05) is 12.1 Å². The minimum absolute atomic E-state index is 0.313. The SMILES string of the molecule is Cc1nocc1C(=O)Nc1nn(Cc2ccc(CF)cc2)c2cncc(Cl)c12. The molecule has 0 radical (unpaired) electrons. The highest BCUT2D eigenvalue weighted by Gasteiger charge is 2.19. The molecule has 1 N–H and O–H groups in total. The Morgan fingerprint density at radius 3 is 2.68 bits per heavy atom. The Morgan fingerprint density at radius 1 is 1.25 bits per heavy atom. The molecule has 0 saturated heterocycles. The van der Waals surface area contributed by atoms with Crippen molar-refractivity contribution in [2.45, 2.75) is 20.1 Å². The molecular formula is C19H15ClFN5O2. The van der Waals surface area contributed by atoms with Crippen molar-refractivity contribution in [2.24, 2.45) is 0 Å². The van der Waals surface area contributed by atoms with E-state index in [4.69, 9.17) is 16.1 Å². The number of fused-ring (bicyclic) bond motifs is 1. The van der Waals surface area contributed by atoms with Crippen LogP contribution >= 0.6 is 11.6 Å². The van der Waals surface area contributed by atoms with Crippen LogP contribution in [0.5, 0.6) is 0 Å². The zero-order valence-electron chi connectivity index (χ0n) is 14.8. The number of benzene rings is 1. The van der Waals surface area contributed by atoms with Gasteiger partial charge in [-0.25, -0.2) is 4.39 Å². The lowest BCUT2D eigenvalue weighted by molar-refractivity contribution is 0.102.